The predicted molar refractivity (Wildman–Crippen MR) is 51.6 cm³/mol. The average Bonchev–Trinajstić information content (AvgIpc) is 2.57. The Morgan fingerprint density at radius 1 is 1.67 bits per heavy atom. The van der Waals surface area contributed by atoms with Crippen LogP contribution in [0.3, 0.4) is 0 Å². The van der Waals surface area contributed by atoms with E-state index in [0.29, 0.717) is 17.6 Å². The zero-order valence-corrected chi connectivity index (χ0v) is 8.37. The molecule has 0 amide bonds. The number of hydrogen-bond donors (Lipinski definition) is 1. The molecule has 0 aromatic heterocycles. The molecule has 12 heavy (non-hydrogen) atoms. The third-order valence-corrected chi connectivity index (χ3v) is 2.47. The van der Waals surface area contributed by atoms with Crippen molar-refractivity contribution >= 4 is 23.2 Å². The molecule has 1 aliphatic rings. The number of ether oxygens (including phenoxy) is 1. The van der Waals surface area contributed by atoms with Crippen LogP contribution in [-0.4, -0.2) is 26.3 Å². The summed E-state index contributed by atoms with van der Waals surface area (Å²) >= 11 is 11.0. The van der Waals surface area contributed by atoms with Gasteiger partial charge in [0.15, 0.2) is 0 Å². The molecular weight excluding hydrogens is 197 g/mol. The van der Waals surface area contributed by atoms with Crippen LogP contribution in [0.4, 0.5) is 0 Å². The first kappa shape index (κ1) is 10.3. The largest absolute Gasteiger partial charge is 0.375 e. The Balaban J connectivity index is 2.01. The summed E-state index contributed by atoms with van der Waals surface area (Å²) in [5, 5.41) is 3.83. The molecule has 0 bridgehead atoms. The molecule has 1 heterocycles. The van der Waals surface area contributed by atoms with Gasteiger partial charge in [-0.25, -0.2) is 0 Å². The standard InChI is InChI=1S/C8H13Cl2NO/c9-3-8(10)6-12-5-7-1-2-11-4-7/h3,7,11H,1-2,4-6H2. The summed E-state index contributed by atoms with van der Waals surface area (Å²) in [6, 6.07) is 0. The summed E-state index contributed by atoms with van der Waals surface area (Å²) in [6.07, 6.45) is 1.20. The smallest absolute Gasteiger partial charge is 0.0832 e. The van der Waals surface area contributed by atoms with Gasteiger partial charge in [-0.15, -0.1) is 0 Å². The van der Waals surface area contributed by atoms with Crippen LogP contribution in [0.5, 0.6) is 0 Å². The molecule has 1 N–H and O–H groups in total. The van der Waals surface area contributed by atoms with Crippen molar-refractivity contribution in [1.29, 1.82) is 0 Å². The highest BCUT2D eigenvalue weighted by atomic mass is 35.5. The Hall–Kier alpha value is 0.240. The lowest BCUT2D eigenvalue weighted by Crippen LogP contribution is -2.14. The van der Waals surface area contributed by atoms with E-state index < -0.39 is 0 Å². The van der Waals surface area contributed by atoms with Gasteiger partial charge in [0.25, 0.3) is 0 Å². The molecule has 2 nitrogen and oxygen atoms in total. The Morgan fingerprint density at radius 2 is 2.50 bits per heavy atom. The second-order valence-corrected chi connectivity index (χ2v) is 3.63. The molecule has 4 heteroatoms. The fourth-order valence-electron chi connectivity index (χ4n) is 1.21. The van der Waals surface area contributed by atoms with Crippen molar-refractivity contribution in [3.63, 3.8) is 0 Å². The van der Waals surface area contributed by atoms with Gasteiger partial charge in [-0.05, 0) is 18.9 Å². The normalized spacial score (nSPS) is 24.8. The lowest BCUT2D eigenvalue weighted by molar-refractivity contribution is 0.127. The minimum absolute atomic E-state index is 0.432. The van der Waals surface area contributed by atoms with E-state index in [1.807, 2.05) is 0 Å². The van der Waals surface area contributed by atoms with Crippen LogP contribution in [0.15, 0.2) is 10.6 Å². The maximum Gasteiger partial charge on any atom is 0.0832 e. The third-order valence-electron chi connectivity index (χ3n) is 1.87. The summed E-state index contributed by atoms with van der Waals surface area (Å²) in [5.41, 5.74) is 1.34. The molecule has 1 unspecified atom stereocenters. The van der Waals surface area contributed by atoms with E-state index in [-0.39, 0.29) is 0 Å². The van der Waals surface area contributed by atoms with Crippen molar-refractivity contribution < 1.29 is 4.74 Å². The third kappa shape index (κ3) is 3.76. The molecule has 0 aromatic rings. The Bertz CT molecular complexity index is 155. The second kappa shape index (κ2) is 5.81. The number of halogens is 2. The van der Waals surface area contributed by atoms with Crippen LogP contribution >= 0.6 is 23.2 Å². The van der Waals surface area contributed by atoms with Crippen molar-refractivity contribution in [2.75, 3.05) is 26.3 Å². The lowest BCUT2D eigenvalue weighted by Gasteiger charge is -2.07. The van der Waals surface area contributed by atoms with Crippen LogP contribution in [0.1, 0.15) is 6.42 Å². The van der Waals surface area contributed by atoms with E-state index >= 15 is 0 Å². The van der Waals surface area contributed by atoms with E-state index in [1.165, 1.54) is 12.0 Å². The zero-order valence-electron chi connectivity index (χ0n) is 6.85. The highest BCUT2D eigenvalue weighted by Crippen LogP contribution is 2.09. The summed E-state index contributed by atoms with van der Waals surface area (Å²) in [7, 11) is 0. The summed E-state index contributed by atoms with van der Waals surface area (Å²) < 4.78 is 5.35. The van der Waals surface area contributed by atoms with E-state index in [4.69, 9.17) is 27.9 Å². The first-order valence-electron chi connectivity index (χ1n) is 4.06. The van der Waals surface area contributed by atoms with E-state index in [9.17, 15) is 0 Å². The fourth-order valence-corrected chi connectivity index (χ4v) is 1.35. The summed E-state index contributed by atoms with van der Waals surface area (Å²) in [4.78, 5) is 0. The Kier molecular flexibility index (Phi) is 5.00. The van der Waals surface area contributed by atoms with Crippen LogP contribution in [0.2, 0.25) is 0 Å². The average molecular weight is 210 g/mol. The molecule has 1 saturated heterocycles. The van der Waals surface area contributed by atoms with Crippen molar-refractivity contribution in [3.8, 4) is 0 Å². The van der Waals surface area contributed by atoms with Gasteiger partial charge < -0.3 is 10.1 Å². The van der Waals surface area contributed by atoms with Gasteiger partial charge in [0.05, 0.1) is 18.2 Å². The fraction of sp³-hybridized carbons (Fsp3) is 0.750. The second-order valence-electron chi connectivity index (χ2n) is 2.93. The van der Waals surface area contributed by atoms with Crippen LogP contribution < -0.4 is 5.32 Å². The summed E-state index contributed by atoms with van der Waals surface area (Å²) in [6.45, 7) is 3.37. The van der Waals surface area contributed by atoms with Gasteiger partial charge in [-0.2, -0.15) is 0 Å². The van der Waals surface area contributed by atoms with Crippen molar-refractivity contribution in [1.82, 2.24) is 5.32 Å². The van der Waals surface area contributed by atoms with Crippen LogP contribution in [0.25, 0.3) is 0 Å². The molecule has 0 aliphatic carbocycles. The van der Waals surface area contributed by atoms with Gasteiger partial charge in [0.2, 0.25) is 0 Å². The first-order chi connectivity index (χ1) is 5.83. The maximum absolute atomic E-state index is 5.64. The van der Waals surface area contributed by atoms with E-state index in [1.54, 1.807) is 0 Å². The molecule has 0 saturated carbocycles. The Morgan fingerprint density at radius 3 is 3.08 bits per heavy atom. The minimum atomic E-state index is 0.432. The van der Waals surface area contributed by atoms with Gasteiger partial charge in [0.1, 0.15) is 0 Å². The highest BCUT2D eigenvalue weighted by molar-refractivity contribution is 6.36. The molecular formula is C8H13Cl2NO. The molecule has 0 spiro atoms. The van der Waals surface area contributed by atoms with Crippen molar-refractivity contribution in [3.05, 3.63) is 10.6 Å². The monoisotopic (exact) mass is 209 g/mol. The lowest BCUT2D eigenvalue weighted by atomic mass is 10.1. The number of hydrogen-bond acceptors (Lipinski definition) is 2. The van der Waals surface area contributed by atoms with Crippen LogP contribution in [0, 0.1) is 5.92 Å². The van der Waals surface area contributed by atoms with Gasteiger partial charge in [0, 0.05) is 12.1 Å². The van der Waals surface area contributed by atoms with Gasteiger partial charge in [-0.1, -0.05) is 23.2 Å². The molecule has 0 radical (unpaired) electrons. The van der Waals surface area contributed by atoms with E-state index in [0.717, 1.165) is 19.7 Å². The number of nitrogens with one attached hydrogen (secondary N) is 1. The molecule has 70 valence electrons. The number of rotatable bonds is 4. The van der Waals surface area contributed by atoms with Gasteiger partial charge >= 0.3 is 0 Å². The molecule has 1 fully saturated rings. The first-order valence-corrected chi connectivity index (χ1v) is 4.87. The highest BCUT2D eigenvalue weighted by Gasteiger charge is 2.13. The molecule has 1 rings (SSSR count). The topological polar surface area (TPSA) is 21.3 Å². The van der Waals surface area contributed by atoms with Crippen molar-refractivity contribution in [2.45, 2.75) is 6.42 Å². The molecule has 0 aromatic carbocycles. The maximum atomic E-state index is 5.64. The van der Waals surface area contributed by atoms with Crippen molar-refractivity contribution in [2.24, 2.45) is 5.92 Å². The summed E-state index contributed by atoms with van der Waals surface area (Å²) in [5.74, 6) is 0.643. The molecule has 1 atom stereocenters. The zero-order chi connectivity index (χ0) is 8.81. The molecule has 1 aliphatic heterocycles. The Labute approximate surface area is 82.9 Å². The quantitative estimate of drug-likeness (QED) is 0.765. The van der Waals surface area contributed by atoms with E-state index in [2.05, 4.69) is 5.32 Å². The predicted octanol–water partition coefficient (Wildman–Crippen LogP) is 1.93. The van der Waals surface area contributed by atoms with Gasteiger partial charge in [-0.3, -0.25) is 0 Å². The van der Waals surface area contributed by atoms with Crippen LogP contribution in [-0.2, 0) is 4.74 Å². The SMILES string of the molecule is ClC=C(Cl)COCC1CCNC1. The minimum Gasteiger partial charge on any atom is -0.375 e.